The zero-order valence-electron chi connectivity index (χ0n) is 39.0. The average molecular weight is 897 g/mol. The Bertz CT molecular complexity index is 1170. The number of ether oxygens (including phenoxy) is 12. The molecular weight excluding hydrogens is 813 g/mol. The molecule has 0 aromatic heterocycles. The fourth-order valence-corrected chi connectivity index (χ4v) is 11.1. The van der Waals surface area contributed by atoms with Crippen molar-refractivity contribution in [3.63, 3.8) is 0 Å². The van der Waals surface area contributed by atoms with Gasteiger partial charge in [0, 0.05) is 6.61 Å². The largest absolute Gasteiger partial charge is 0.405 e. The van der Waals surface area contributed by atoms with Gasteiger partial charge in [-0.3, -0.25) is 0 Å². The summed E-state index contributed by atoms with van der Waals surface area (Å²) in [6.45, 7) is 22.5. The first-order chi connectivity index (χ1) is 30.5. The van der Waals surface area contributed by atoms with E-state index in [1.807, 2.05) is 0 Å². The zero-order valence-corrected chi connectivity index (χ0v) is 40.0. The maximum atomic E-state index is 6.86. The van der Waals surface area contributed by atoms with Crippen LogP contribution in [0.15, 0.2) is 60.7 Å². The van der Waals surface area contributed by atoms with Crippen molar-refractivity contribution in [3.05, 3.63) is 60.7 Å². The molecule has 0 aliphatic carbocycles. The van der Waals surface area contributed by atoms with Crippen LogP contribution in [-0.4, -0.2) is 173 Å². The first kappa shape index (κ1) is 56.3. The number of hydrogen-bond donors (Lipinski definition) is 0. The van der Waals surface area contributed by atoms with Gasteiger partial charge in [0.15, 0.2) is 0 Å². The van der Waals surface area contributed by atoms with Crippen molar-refractivity contribution in [2.75, 3.05) is 165 Å². The molecule has 0 radical (unpaired) electrons. The maximum Gasteiger partial charge on any atom is 0.261 e. The Labute approximate surface area is 376 Å². The Kier molecular flexibility index (Phi) is 36.9. The molecule has 0 unspecified atom stereocenters. The van der Waals surface area contributed by atoms with Crippen LogP contribution < -0.4 is 10.4 Å². The van der Waals surface area contributed by atoms with E-state index in [2.05, 4.69) is 88.4 Å². The Morgan fingerprint density at radius 1 is 0.306 bits per heavy atom. The van der Waals surface area contributed by atoms with Crippen molar-refractivity contribution in [3.8, 4) is 0 Å². The summed E-state index contributed by atoms with van der Waals surface area (Å²) < 4.78 is 73.9. The molecule has 0 aliphatic heterocycles. The SMILES string of the molecule is CCCCCCCCOCCOCCOCCOCCOCCOCCOCCOCCOCCOCCOCCOCCO[Si](c1ccccc1)(c1ccccc1)C(C)(C)C. The van der Waals surface area contributed by atoms with Crippen LogP contribution in [0.5, 0.6) is 0 Å². The lowest BCUT2D eigenvalue weighted by Crippen LogP contribution is -2.66. The summed E-state index contributed by atoms with van der Waals surface area (Å²) in [6, 6.07) is 21.3. The van der Waals surface area contributed by atoms with Crippen LogP contribution in [-0.2, 0) is 61.3 Å². The molecule has 0 spiro atoms. The van der Waals surface area contributed by atoms with Gasteiger partial charge in [-0.2, -0.15) is 0 Å². The summed E-state index contributed by atoms with van der Waals surface area (Å²) in [7, 11) is -2.54. The molecule has 0 heterocycles. The molecule has 2 rings (SSSR count). The summed E-state index contributed by atoms with van der Waals surface area (Å²) in [5.41, 5.74) is 0. The van der Waals surface area contributed by atoms with Crippen molar-refractivity contribution in [1.82, 2.24) is 0 Å². The van der Waals surface area contributed by atoms with Crippen LogP contribution in [0, 0.1) is 0 Å². The Morgan fingerprint density at radius 3 is 0.823 bits per heavy atom. The molecule has 0 fully saturated rings. The topological polar surface area (TPSA) is 120 Å². The van der Waals surface area contributed by atoms with E-state index in [9.17, 15) is 0 Å². The van der Waals surface area contributed by atoms with E-state index in [1.165, 1.54) is 42.5 Å². The highest BCUT2D eigenvalue weighted by atomic mass is 28.4. The van der Waals surface area contributed by atoms with Gasteiger partial charge < -0.3 is 61.3 Å². The van der Waals surface area contributed by atoms with E-state index in [-0.39, 0.29) is 5.04 Å². The van der Waals surface area contributed by atoms with Gasteiger partial charge in [-0.1, -0.05) is 120 Å². The first-order valence-electron chi connectivity index (χ1n) is 23.2. The quantitative estimate of drug-likeness (QED) is 0.0562. The normalized spacial score (nSPS) is 12.1. The van der Waals surface area contributed by atoms with E-state index < -0.39 is 8.32 Å². The summed E-state index contributed by atoms with van der Waals surface area (Å²) >= 11 is 0. The Balaban J connectivity index is 1.24. The highest BCUT2D eigenvalue weighted by Gasteiger charge is 2.50. The molecule has 0 saturated carbocycles. The molecule has 2 aromatic carbocycles. The van der Waals surface area contributed by atoms with Crippen molar-refractivity contribution in [2.24, 2.45) is 0 Å². The molecule has 0 atom stereocenters. The van der Waals surface area contributed by atoms with Gasteiger partial charge in [0.05, 0.1) is 159 Å². The van der Waals surface area contributed by atoms with Crippen LogP contribution in [0.4, 0.5) is 0 Å². The smallest absolute Gasteiger partial charge is 0.261 e. The molecule has 0 saturated heterocycles. The van der Waals surface area contributed by atoms with Gasteiger partial charge in [-0.15, -0.1) is 0 Å². The van der Waals surface area contributed by atoms with Crippen LogP contribution in [0.1, 0.15) is 66.2 Å². The third-order valence-corrected chi connectivity index (χ3v) is 14.7. The number of benzene rings is 2. The average Bonchev–Trinajstić information content (AvgIpc) is 3.28. The standard InChI is InChI=1S/C48H84O13Si/c1-5-6-7-8-9-16-21-49-22-23-50-24-25-51-26-27-52-28-29-53-30-31-54-32-33-55-34-35-56-36-37-57-38-39-58-40-41-59-42-43-60-44-45-61-62(48(2,3)4,46-17-12-10-13-18-46)47-19-14-11-15-20-47/h10-15,17-20H,5-9,16,21-45H2,1-4H3. The van der Waals surface area contributed by atoms with E-state index >= 15 is 0 Å². The minimum Gasteiger partial charge on any atom is -0.405 e. The third kappa shape index (κ3) is 28.8. The van der Waals surface area contributed by atoms with E-state index in [0.717, 1.165) is 13.0 Å². The maximum absolute atomic E-state index is 6.86. The van der Waals surface area contributed by atoms with Gasteiger partial charge >= 0.3 is 0 Å². The highest BCUT2D eigenvalue weighted by Crippen LogP contribution is 2.36. The highest BCUT2D eigenvalue weighted by molar-refractivity contribution is 6.99. The van der Waals surface area contributed by atoms with Crippen LogP contribution in [0.3, 0.4) is 0 Å². The molecule has 0 aliphatic rings. The van der Waals surface area contributed by atoms with Crippen LogP contribution in [0.25, 0.3) is 0 Å². The molecule has 14 heteroatoms. The first-order valence-corrected chi connectivity index (χ1v) is 25.1. The van der Waals surface area contributed by atoms with Gasteiger partial charge in [-0.25, -0.2) is 0 Å². The van der Waals surface area contributed by atoms with Crippen molar-refractivity contribution in [1.29, 1.82) is 0 Å². The number of rotatable bonds is 46. The fraction of sp³-hybridized carbons (Fsp3) is 0.750. The molecule has 0 bridgehead atoms. The summed E-state index contributed by atoms with van der Waals surface area (Å²) in [5.74, 6) is 0. The summed E-state index contributed by atoms with van der Waals surface area (Å²) in [4.78, 5) is 0. The molecule has 358 valence electrons. The van der Waals surface area contributed by atoms with E-state index in [1.54, 1.807) is 0 Å². The second kappa shape index (κ2) is 40.6. The predicted octanol–water partition coefficient (Wildman–Crippen LogP) is 6.12. The minimum absolute atomic E-state index is 0.0582. The van der Waals surface area contributed by atoms with Crippen LogP contribution in [0.2, 0.25) is 5.04 Å². The third-order valence-electron chi connectivity index (χ3n) is 9.70. The van der Waals surface area contributed by atoms with Gasteiger partial charge in [0.1, 0.15) is 0 Å². The van der Waals surface area contributed by atoms with E-state index in [4.69, 9.17) is 61.3 Å². The molecule has 0 N–H and O–H groups in total. The van der Waals surface area contributed by atoms with Crippen molar-refractivity contribution in [2.45, 2.75) is 71.3 Å². The van der Waals surface area contributed by atoms with Crippen LogP contribution >= 0.6 is 0 Å². The molecule has 62 heavy (non-hydrogen) atoms. The number of hydrogen-bond acceptors (Lipinski definition) is 13. The monoisotopic (exact) mass is 897 g/mol. The zero-order chi connectivity index (χ0) is 44.3. The van der Waals surface area contributed by atoms with Crippen molar-refractivity contribution < 1.29 is 61.3 Å². The second-order valence-corrected chi connectivity index (χ2v) is 19.9. The van der Waals surface area contributed by atoms with Gasteiger partial charge in [0.25, 0.3) is 8.32 Å². The fourth-order valence-electron chi connectivity index (χ4n) is 6.52. The predicted molar refractivity (Wildman–Crippen MR) is 247 cm³/mol. The molecule has 13 nitrogen and oxygen atoms in total. The Hall–Kier alpha value is -1.86. The summed E-state index contributed by atoms with van der Waals surface area (Å²) in [6.07, 6.45) is 7.67. The molecule has 2 aromatic rings. The lowest BCUT2D eigenvalue weighted by molar-refractivity contribution is -0.0285. The summed E-state index contributed by atoms with van der Waals surface area (Å²) in [5, 5.41) is 2.48. The lowest BCUT2D eigenvalue weighted by Gasteiger charge is -2.43. The minimum atomic E-state index is -2.54. The lowest BCUT2D eigenvalue weighted by atomic mass is 10.1. The molecule has 0 amide bonds. The Morgan fingerprint density at radius 2 is 0.548 bits per heavy atom. The van der Waals surface area contributed by atoms with Crippen molar-refractivity contribution >= 4 is 18.7 Å². The van der Waals surface area contributed by atoms with E-state index in [0.29, 0.717) is 159 Å². The molecular formula is C48H84O13Si. The van der Waals surface area contributed by atoms with Gasteiger partial charge in [0.2, 0.25) is 0 Å². The second-order valence-electron chi connectivity index (χ2n) is 15.6. The van der Waals surface area contributed by atoms with Gasteiger partial charge in [-0.05, 0) is 21.8 Å². The number of unbranched alkanes of at least 4 members (excludes halogenated alkanes) is 5.